The summed E-state index contributed by atoms with van der Waals surface area (Å²) in [5.74, 6) is -1.68. The van der Waals surface area contributed by atoms with E-state index in [-0.39, 0.29) is 22.5 Å². The van der Waals surface area contributed by atoms with Gasteiger partial charge in [0, 0.05) is 25.4 Å². The fourth-order valence-corrected chi connectivity index (χ4v) is 3.16. The Morgan fingerprint density at radius 2 is 2.26 bits per heavy atom. The van der Waals surface area contributed by atoms with E-state index in [1.807, 2.05) is 6.92 Å². The van der Waals surface area contributed by atoms with Gasteiger partial charge in [-0.25, -0.2) is 13.2 Å². The predicted octanol–water partition coefficient (Wildman–Crippen LogP) is 1.49. The van der Waals surface area contributed by atoms with Crippen LogP contribution in [0.15, 0.2) is 27.6 Å². The fraction of sp³-hybridized carbons (Fsp3) is 0.385. The minimum Gasteiger partial charge on any atom is -0.475 e. The van der Waals surface area contributed by atoms with Crippen LogP contribution >= 0.6 is 0 Å². The Morgan fingerprint density at radius 1 is 1.57 bits per heavy atom. The summed E-state index contributed by atoms with van der Waals surface area (Å²) in [5, 5.41) is 13.0. The molecular weight excluding hydrogens is 326 g/mol. The quantitative estimate of drug-likeness (QED) is 0.780. The first-order valence-corrected chi connectivity index (χ1v) is 8.13. The number of furan rings is 1. The van der Waals surface area contributed by atoms with Crippen LogP contribution < -0.4 is 4.72 Å². The maximum Gasteiger partial charge on any atom is 0.371 e. The molecule has 0 amide bonds. The summed E-state index contributed by atoms with van der Waals surface area (Å²) in [6.45, 7) is 3.67. The smallest absolute Gasteiger partial charge is 0.371 e. The summed E-state index contributed by atoms with van der Waals surface area (Å²) in [7, 11) is -2.43. The monoisotopic (exact) mass is 343 g/mol. The molecule has 23 heavy (non-hydrogen) atoms. The summed E-state index contributed by atoms with van der Waals surface area (Å²) >= 11 is 0. The maximum atomic E-state index is 12.3. The highest BCUT2D eigenvalue weighted by atomic mass is 32.2. The van der Waals surface area contributed by atoms with E-state index in [1.165, 1.54) is 13.0 Å². The standard InChI is InChI=1S/C13H17N3O6S/c1-8(7-21-3)16-5-4-12(14-16)15-23(19,20)11-6-10(13(17)18)22-9(11)2/h4-6,8H,7H2,1-3H3,(H,14,15)(H,17,18). The van der Waals surface area contributed by atoms with Crippen LogP contribution in [0.1, 0.15) is 29.3 Å². The fourth-order valence-electron chi connectivity index (χ4n) is 1.99. The average Bonchev–Trinajstić information content (AvgIpc) is 3.05. The molecule has 2 aromatic rings. The van der Waals surface area contributed by atoms with Crippen molar-refractivity contribution in [2.45, 2.75) is 24.8 Å². The van der Waals surface area contributed by atoms with Gasteiger partial charge in [0.1, 0.15) is 10.7 Å². The van der Waals surface area contributed by atoms with Crippen LogP contribution in [0.5, 0.6) is 0 Å². The van der Waals surface area contributed by atoms with Crippen molar-refractivity contribution >= 4 is 21.8 Å². The molecule has 0 aliphatic carbocycles. The number of carboxylic acids is 1. The summed E-state index contributed by atoms with van der Waals surface area (Å²) in [6, 6.07) is 2.40. The Hall–Kier alpha value is -2.33. The van der Waals surface area contributed by atoms with Crippen molar-refractivity contribution < 1.29 is 27.5 Å². The van der Waals surface area contributed by atoms with Crippen molar-refractivity contribution in [1.29, 1.82) is 0 Å². The number of nitrogens with one attached hydrogen (secondary N) is 1. The van der Waals surface area contributed by atoms with Gasteiger partial charge in [-0.15, -0.1) is 0 Å². The van der Waals surface area contributed by atoms with E-state index in [0.717, 1.165) is 6.07 Å². The van der Waals surface area contributed by atoms with E-state index < -0.39 is 21.8 Å². The topological polar surface area (TPSA) is 124 Å². The Bertz CT molecular complexity index is 808. The maximum absolute atomic E-state index is 12.3. The number of ether oxygens (including phenoxy) is 1. The molecule has 2 N–H and O–H groups in total. The molecule has 126 valence electrons. The summed E-state index contributed by atoms with van der Waals surface area (Å²) < 4.78 is 38.4. The molecule has 1 unspecified atom stereocenters. The van der Waals surface area contributed by atoms with Gasteiger partial charge >= 0.3 is 5.97 Å². The van der Waals surface area contributed by atoms with Gasteiger partial charge in [-0.05, 0) is 13.8 Å². The number of sulfonamides is 1. The lowest BCUT2D eigenvalue weighted by Crippen LogP contribution is -2.15. The molecule has 2 rings (SSSR count). The number of aromatic carboxylic acids is 1. The highest BCUT2D eigenvalue weighted by Gasteiger charge is 2.24. The Labute approximate surface area is 132 Å². The van der Waals surface area contributed by atoms with Crippen LogP contribution in [0.4, 0.5) is 5.82 Å². The van der Waals surface area contributed by atoms with Crippen LogP contribution in [-0.4, -0.2) is 43.0 Å². The molecule has 0 bridgehead atoms. The van der Waals surface area contributed by atoms with Crippen molar-refractivity contribution in [3.05, 3.63) is 29.9 Å². The number of aryl methyl sites for hydroxylation is 1. The van der Waals surface area contributed by atoms with E-state index in [0.29, 0.717) is 6.61 Å². The second kappa shape index (κ2) is 6.42. The van der Waals surface area contributed by atoms with Crippen molar-refractivity contribution in [2.24, 2.45) is 0 Å². The summed E-state index contributed by atoms with van der Waals surface area (Å²) in [5.41, 5.74) is 0. The van der Waals surface area contributed by atoms with E-state index in [1.54, 1.807) is 18.0 Å². The molecule has 0 saturated heterocycles. The second-order valence-electron chi connectivity index (χ2n) is 4.93. The number of carbonyl (C=O) groups is 1. The van der Waals surface area contributed by atoms with Crippen molar-refractivity contribution in [3.63, 3.8) is 0 Å². The van der Waals surface area contributed by atoms with Gasteiger partial charge < -0.3 is 14.3 Å². The van der Waals surface area contributed by atoms with Crippen LogP contribution in [-0.2, 0) is 14.8 Å². The highest BCUT2D eigenvalue weighted by Crippen LogP contribution is 2.22. The molecule has 0 aromatic carbocycles. The lowest BCUT2D eigenvalue weighted by Gasteiger charge is -2.10. The SMILES string of the molecule is COCC(C)n1ccc(NS(=O)(=O)c2cc(C(=O)O)oc2C)n1. The van der Waals surface area contributed by atoms with Crippen LogP contribution in [0.2, 0.25) is 0 Å². The first kappa shape index (κ1) is 17.0. The molecule has 2 aromatic heterocycles. The van der Waals surface area contributed by atoms with Crippen molar-refractivity contribution in [3.8, 4) is 0 Å². The van der Waals surface area contributed by atoms with E-state index in [9.17, 15) is 13.2 Å². The van der Waals surface area contributed by atoms with Gasteiger partial charge in [-0.3, -0.25) is 9.40 Å². The highest BCUT2D eigenvalue weighted by molar-refractivity contribution is 7.92. The van der Waals surface area contributed by atoms with E-state index in [2.05, 4.69) is 9.82 Å². The number of aromatic nitrogens is 2. The van der Waals surface area contributed by atoms with Crippen molar-refractivity contribution in [1.82, 2.24) is 9.78 Å². The van der Waals surface area contributed by atoms with E-state index >= 15 is 0 Å². The minimum absolute atomic E-state index is 0.0120. The number of anilines is 1. The first-order valence-electron chi connectivity index (χ1n) is 6.65. The van der Waals surface area contributed by atoms with Gasteiger partial charge in [-0.2, -0.15) is 5.10 Å². The number of rotatable bonds is 7. The largest absolute Gasteiger partial charge is 0.475 e. The second-order valence-corrected chi connectivity index (χ2v) is 6.58. The zero-order valence-corrected chi connectivity index (χ0v) is 13.6. The van der Waals surface area contributed by atoms with Gasteiger partial charge in [0.05, 0.1) is 12.6 Å². The third-order valence-electron chi connectivity index (χ3n) is 3.08. The lowest BCUT2D eigenvalue weighted by atomic mass is 10.4. The molecule has 0 fully saturated rings. The number of hydrogen-bond acceptors (Lipinski definition) is 6. The van der Waals surface area contributed by atoms with Gasteiger partial charge in [0.2, 0.25) is 5.76 Å². The molecule has 0 radical (unpaired) electrons. The predicted molar refractivity (Wildman–Crippen MR) is 80.0 cm³/mol. The third kappa shape index (κ3) is 3.71. The molecular formula is C13H17N3O6S. The molecule has 2 heterocycles. The average molecular weight is 343 g/mol. The summed E-state index contributed by atoms with van der Waals surface area (Å²) in [4.78, 5) is 10.6. The minimum atomic E-state index is -4.00. The number of methoxy groups -OCH3 is 1. The number of hydrogen-bond donors (Lipinski definition) is 2. The molecule has 10 heteroatoms. The van der Waals surface area contributed by atoms with Gasteiger partial charge in [0.25, 0.3) is 10.0 Å². The summed E-state index contributed by atoms with van der Waals surface area (Å²) in [6.07, 6.45) is 1.62. The Kier molecular flexibility index (Phi) is 4.76. The number of carboxylic acid groups (broad SMARTS) is 1. The molecule has 0 aliphatic rings. The molecule has 9 nitrogen and oxygen atoms in total. The molecule has 0 saturated carbocycles. The normalized spacial score (nSPS) is 13.0. The molecule has 0 spiro atoms. The Morgan fingerprint density at radius 3 is 2.83 bits per heavy atom. The molecule has 0 aliphatic heterocycles. The third-order valence-corrected chi connectivity index (χ3v) is 4.54. The number of nitrogens with zero attached hydrogens (tertiary/aromatic N) is 2. The first-order chi connectivity index (χ1) is 10.7. The molecule has 1 atom stereocenters. The van der Waals surface area contributed by atoms with Crippen LogP contribution in [0.3, 0.4) is 0 Å². The van der Waals surface area contributed by atoms with Crippen LogP contribution in [0, 0.1) is 6.92 Å². The van der Waals surface area contributed by atoms with Gasteiger partial charge in [0.15, 0.2) is 5.82 Å². The van der Waals surface area contributed by atoms with Crippen molar-refractivity contribution in [2.75, 3.05) is 18.4 Å². The Balaban J connectivity index is 2.23. The zero-order chi connectivity index (χ0) is 17.2. The van der Waals surface area contributed by atoms with Gasteiger partial charge in [-0.1, -0.05) is 0 Å². The lowest BCUT2D eigenvalue weighted by molar-refractivity contribution is 0.0661. The zero-order valence-electron chi connectivity index (χ0n) is 12.8. The van der Waals surface area contributed by atoms with E-state index in [4.69, 9.17) is 14.3 Å². The van der Waals surface area contributed by atoms with Crippen LogP contribution in [0.25, 0.3) is 0 Å².